The molecule has 4 N–H and O–H groups in total. The third kappa shape index (κ3) is 4.45. The van der Waals surface area contributed by atoms with Crippen LogP contribution in [0.1, 0.15) is 23.1 Å². The number of hydrogen-bond acceptors (Lipinski definition) is 3. The van der Waals surface area contributed by atoms with Crippen LogP contribution in [-0.2, 0) is 11.2 Å². The van der Waals surface area contributed by atoms with E-state index in [1.807, 2.05) is 32.0 Å². The number of amides is 1. The Morgan fingerprint density at radius 3 is 2.83 bits per heavy atom. The van der Waals surface area contributed by atoms with Gasteiger partial charge in [-0.15, -0.1) is 0 Å². The summed E-state index contributed by atoms with van der Waals surface area (Å²) >= 11 is 0. The Bertz CT molecular complexity index is 456. The van der Waals surface area contributed by atoms with E-state index in [-0.39, 0.29) is 11.7 Å². The molecule has 0 unspecified atom stereocenters. The molecule has 0 saturated heterocycles. The Balaban J connectivity index is 2.47. The van der Waals surface area contributed by atoms with Crippen molar-refractivity contribution in [3.05, 3.63) is 34.9 Å². The van der Waals surface area contributed by atoms with Crippen LogP contribution in [0.2, 0.25) is 0 Å². The molecule has 0 aliphatic rings. The first-order valence-corrected chi connectivity index (χ1v) is 5.82. The highest BCUT2D eigenvalue weighted by molar-refractivity contribution is 5.82. The first-order chi connectivity index (χ1) is 8.52. The number of oxime groups is 1. The van der Waals surface area contributed by atoms with Crippen LogP contribution in [-0.4, -0.2) is 23.5 Å². The molecule has 18 heavy (non-hydrogen) atoms. The number of nitrogens with one attached hydrogen (secondary N) is 1. The summed E-state index contributed by atoms with van der Waals surface area (Å²) in [6.45, 7) is 4.36. The second kappa shape index (κ2) is 6.64. The highest BCUT2D eigenvalue weighted by Crippen LogP contribution is 2.11. The molecule has 0 aromatic heterocycles. The largest absolute Gasteiger partial charge is 0.409 e. The zero-order valence-electron chi connectivity index (χ0n) is 10.7. The Morgan fingerprint density at radius 1 is 1.44 bits per heavy atom. The van der Waals surface area contributed by atoms with Gasteiger partial charge in [0.2, 0.25) is 5.91 Å². The molecular weight excluding hydrogens is 230 g/mol. The van der Waals surface area contributed by atoms with Gasteiger partial charge < -0.3 is 16.3 Å². The average molecular weight is 249 g/mol. The molecule has 1 rings (SSSR count). The van der Waals surface area contributed by atoms with E-state index in [2.05, 4.69) is 10.5 Å². The van der Waals surface area contributed by atoms with Gasteiger partial charge in [-0.05, 0) is 25.0 Å². The van der Waals surface area contributed by atoms with Crippen molar-refractivity contribution < 1.29 is 10.0 Å². The summed E-state index contributed by atoms with van der Waals surface area (Å²) in [6, 6.07) is 6.04. The number of amidine groups is 1. The minimum atomic E-state index is -0.0607. The topological polar surface area (TPSA) is 87.7 Å². The van der Waals surface area contributed by atoms with Crippen LogP contribution in [0.4, 0.5) is 0 Å². The smallest absolute Gasteiger partial charge is 0.224 e. The fraction of sp³-hybridized carbons (Fsp3) is 0.385. The zero-order valence-corrected chi connectivity index (χ0v) is 10.7. The van der Waals surface area contributed by atoms with Gasteiger partial charge in [0.05, 0.1) is 6.42 Å². The number of aryl methyl sites for hydroxylation is 2. The average Bonchev–Trinajstić information content (AvgIpc) is 2.33. The van der Waals surface area contributed by atoms with Gasteiger partial charge in [-0.3, -0.25) is 4.79 Å². The minimum absolute atomic E-state index is 0.0607. The lowest BCUT2D eigenvalue weighted by molar-refractivity contribution is -0.120. The summed E-state index contributed by atoms with van der Waals surface area (Å²) in [4.78, 5) is 11.7. The van der Waals surface area contributed by atoms with E-state index >= 15 is 0 Å². The second-order valence-corrected chi connectivity index (χ2v) is 4.30. The monoisotopic (exact) mass is 249 g/mol. The molecule has 0 radical (unpaired) electrons. The van der Waals surface area contributed by atoms with Crippen LogP contribution in [0.5, 0.6) is 0 Å². The lowest BCUT2D eigenvalue weighted by Gasteiger charge is -2.08. The SMILES string of the molecule is Cc1ccc(C)c(CC(=O)NCCC(N)=NO)c1. The molecule has 5 nitrogen and oxygen atoms in total. The summed E-state index contributed by atoms with van der Waals surface area (Å²) in [6.07, 6.45) is 0.693. The number of benzene rings is 1. The van der Waals surface area contributed by atoms with Crippen molar-refractivity contribution in [1.29, 1.82) is 0 Å². The van der Waals surface area contributed by atoms with Crippen molar-refractivity contribution in [2.75, 3.05) is 6.54 Å². The molecule has 1 aromatic carbocycles. The van der Waals surface area contributed by atoms with Gasteiger partial charge in [0.25, 0.3) is 0 Å². The number of rotatable bonds is 5. The van der Waals surface area contributed by atoms with Gasteiger partial charge in [-0.1, -0.05) is 28.9 Å². The summed E-state index contributed by atoms with van der Waals surface area (Å²) < 4.78 is 0. The molecule has 98 valence electrons. The minimum Gasteiger partial charge on any atom is -0.409 e. The summed E-state index contributed by atoms with van der Waals surface area (Å²) in [7, 11) is 0. The lowest BCUT2D eigenvalue weighted by Crippen LogP contribution is -2.29. The van der Waals surface area contributed by atoms with Gasteiger partial charge in [0, 0.05) is 13.0 Å². The van der Waals surface area contributed by atoms with Gasteiger partial charge in [0.1, 0.15) is 5.84 Å². The van der Waals surface area contributed by atoms with E-state index < -0.39 is 0 Å². The van der Waals surface area contributed by atoms with Crippen molar-refractivity contribution in [2.24, 2.45) is 10.9 Å². The maximum absolute atomic E-state index is 11.7. The first-order valence-electron chi connectivity index (χ1n) is 5.82. The molecule has 0 fully saturated rings. The molecule has 0 aliphatic carbocycles. The van der Waals surface area contributed by atoms with Crippen LogP contribution < -0.4 is 11.1 Å². The quantitative estimate of drug-likeness (QED) is 0.316. The molecule has 1 aromatic rings. The Morgan fingerprint density at radius 2 is 2.17 bits per heavy atom. The predicted octanol–water partition coefficient (Wildman–Crippen LogP) is 1.10. The van der Waals surface area contributed by atoms with Crippen LogP contribution in [0.25, 0.3) is 0 Å². The Hall–Kier alpha value is -2.04. The van der Waals surface area contributed by atoms with Crippen LogP contribution in [0.3, 0.4) is 0 Å². The van der Waals surface area contributed by atoms with Crippen LogP contribution in [0.15, 0.2) is 23.4 Å². The van der Waals surface area contributed by atoms with Gasteiger partial charge in [-0.2, -0.15) is 0 Å². The Labute approximate surface area is 107 Å². The van der Waals surface area contributed by atoms with Gasteiger partial charge in [0.15, 0.2) is 0 Å². The molecule has 1 amide bonds. The first kappa shape index (κ1) is 14.0. The van der Waals surface area contributed by atoms with Gasteiger partial charge >= 0.3 is 0 Å². The lowest BCUT2D eigenvalue weighted by atomic mass is 10.0. The predicted molar refractivity (Wildman–Crippen MR) is 70.7 cm³/mol. The normalized spacial score (nSPS) is 11.3. The molecule has 0 heterocycles. The highest BCUT2D eigenvalue weighted by atomic mass is 16.4. The standard InChI is InChI=1S/C13H19N3O2/c1-9-3-4-10(2)11(7-9)8-13(17)15-6-5-12(14)16-18/h3-4,7,18H,5-6,8H2,1-2H3,(H2,14,16)(H,15,17). The molecular formula is C13H19N3O2. The second-order valence-electron chi connectivity index (χ2n) is 4.30. The van der Waals surface area contributed by atoms with Crippen molar-refractivity contribution in [2.45, 2.75) is 26.7 Å². The summed E-state index contributed by atoms with van der Waals surface area (Å²) in [5.41, 5.74) is 8.57. The molecule has 0 saturated carbocycles. The molecule has 0 atom stereocenters. The number of nitrogens with two attached hydrogens (primary N) is 1. The van der Waals surface area contributed by atoms with E-state index in [4.69, 9.17) is 10.9 Å². The molecule has 0 bridgehead atoms. The van der Waals surface area contributed by atoms with Crippen LogP contribution in [0, 0.1) is 13.8 Å². The van der Waals surface area contributed by atoms with Crippen molar-refractivity contribution in [3.63, 3.8) is 0 Å². The summed E-state index contributed by atoms with van der Waals surface area (Å²) in [5.74, 6) is 0.0523. The van der Waals surface area contributed by atoms with E-state index in [1.54, 1.807) is 0 Å². The zero-order chi connectivity index (χ0) is 13.5. The van der Waals surface area contributed by atoms with Crippen LogP contribution >= 0.6 is 0 Å². The maximum Gasteiger partial charge on any atom is 0.224 e. The van der Waals surface area contributed by atoms with E-state index in [0.717, 1.165) is 16.7 Å². The third-order valence-corrected chi connectivity index (χ3v) is 2.69. The molecule has 0 spiro atoms. The van der Waals surface area contributed by atoms with Crippen molar-refractivity contribution in [1.82, 2.24) is 5.32 Å². The van der Waals surface area contributed by atoms with Crippen molar-refractivity contribution >= 4 is 11.7 Å². The van der Waals surface area contributed by atoms with E-state index in [0.29, 0.717) is 19.4 Å². The number of carbonyl (C=O) groups excluding carboxylic acids is 1. The van der Waals surface area contributed by atoms with Gasteiger partial charge in [-0.25, -0.2) is 0 Å². The number of hydrogen-bond donors (Lipinski definition) is 3. The maximum atomic E-state index is 11.7. The molecule has 5 heteroatoms. The molecule has 0 aliphatic heterocycles. The number of carbonyl (C=O) groups is 1. The Kier molecular flexibility index (Phi) is 5.17. The fourth-order valence-corrected chi connectivity index (χ4v) is 1.61. The van der Waals surface area contributed by atoms with E-state index in [1.165, 1.54) is 0 Å². The highest BCUT2D eigenvalue weighted by Gasteiger charge is 2.06. The van der Waals surface area contributed by atoms with Crippen molar-refractivity contribution in [3.8, 4) is 0 Å². The summed E-state index contributed by atoms with van der Waals surface area (Å²) in [5, 5.41) is 13.9. The third-order valence-electron chi connectivity index (χ3n) is 2.69. The number of nitrogens with zero attached hydrogens (tertiary/aromatic N) is 1. The van der Waals surface area contributed by atoms with E-state index in [9.17, 15) is 4.79 Å². The fourth-order valence-electron chi connectivity index (χ4n) is 1.61.